The lowest BCUT2D eigenvalue weighted by Crippen LogP contribution is -2.30. The molecule has 0 aliphatic rings. The van der Waals surface area contributed by atoms with Crippen molar-refractivity contribution >= 4 is 11.9 Å². The van der Waals surface area contributed by atoms with E-state index in [9.17, 15) is 9.59 Å². The third-order valence-electron chi connectivity index (χ3n) is 4.88. The van der Waals surface area contributed by atoms with E-state index < -0.39 is 5.97 Å². The molecule has 0 unspecified atom stereocenters. The molecule has 0 saturated carbocycles. The van der Waals surface area contributed by atoms with Crippen molar-refractivity contribution in [2.45, 2.75) is 32.8 Å². The van der Waals surface area contributed by atoms with Gasteiger partial charge in [0.15, 0.2) is 6.61 Å². The van der Waals surface area contributed by atoms with E-state index in [0.29, 0.717) is 22.6 Å². The number of ether oxygens (including phenoxy) is 3. The number of methoxy groups -OCH3 is 2. The van der Waals surface area contributed by atoms with E-state index in [4.69, 9.17) is 18.7 Å². The molecular weight excluding hydrogens is 426 g/mol. The van der Waals surface area contributed by atoms with E-state index in [2.05, 4.69) is 36.2 Å². The number of carbonyl (C=O) groups excluding carboxylic acids is 2. The normalized spacial score (nSPS) is 11.1. The van der Waals surface area contributed by atoms with Gasteiger partial charge in [0.25, 0.3) is 11.8 Å². The highest BCUT2D eigenvalue weighted by Crippen LogP contribution is 2.31. The smallest absolute Gasteiger partial charge is 0.325 e. The summed E-state index contributed by atoms with van der Waals surface area (Å²) in [6.07, 6.45) is 0. The highest BCUT2D eigenvalue weighted by molar-refractivity contribution is 5.95. The van der Waals surface area contributed by atoms with Crippen LogP contribution in [0.15, 0.2) is 47.0 Å². The number of aromatic nitrogens is 2. The van der Waals surface area contributed by atoms with Gasteiger partial charge in [-0.15, -0.1) is 0 Å². The molecule has 0 atom stereocenters. The van der Waals surface area contributed by atoms with Crippen LogP contribution in [-0.4, -0.2) is 42.8 Å². The van der Waals surface area contributed by atoms with Crippen molar-refractivity contribution in [1.29, 1.82) is 0 Å². The molecule has 0 aliphatic heterocycles. The minimum absolute atomic E-state index is 0.00801. The molecule has 1 aromatic heterocycles. The summed E-state index contributed by atoms with van der Waals surface area (Å²) in [5.74, 6) is 0.542. The molecule has 0 aliphatic carbocycles. The molecule has 1 amide bonds. The van der Waals surface area contributed by atoms with Crippen LogP contribution in [0.5, 0.6) is 11.5 Å². The fourth-order valence-electron chi connectivity index (χ4n) is 2.98. The van der Waals surface area contributed by atoms with Crippen LogP contribution in [0.25, 0.3) is 11.4 Å². The monoisotopic (exact) mass is 453 g/mol. The third-order valence-corrected chi connectivity index (χ3v) is 4.88. The van der Waals surface area contributed by atoms with Crippen LogP contribution < -0.4 is 14.8 Å². The van der Waals surface area contributed by atoms with Crippen LogP contribution in [-0.2, 0) is 21.6 Å². The summed E-state index contributed by atoms with van der Waals surface area (Å²) < 4.78 is 20.8. The Morgan fingerprint density at radius 2 is 1.76 bits per heavy atom. The Morgan fingerprint density at radius 1 is 1.03 bits per heavy atom. The highest BCUT2D eigenvalue weighted by Gasteiger charge is 2.17. The summed E-state index contributed by atoms with van der Waals surface area (Å²) in [4.78, 5) is 28.5. The van der Waals surface area contributed by atoms with Crippen molar-refractivity contribution in [2.75, 3.05) is 20.8 Å². The summed E-state index contributed by atoms with van der Waals surface area (Å²) in [6.45, 7) is 5.78. The Morgan fingerprint density at radius 3 is 2.39 bits per heavy atom. The van der Waals surface area contributed by atoms with E-state index in [1.807, 2.05) is 12.1 Å². The van der Waals surface area contributed by atoms with Gasteiger partial charge in [0, 0.05) is 11.6 Å². The molecule has 1 N–H and O–H groups in total. The van der Waals surface area contributed by atoms with E-state index in [1.54, 1.807) is 37.4 Å². The number of esters is 1. The van der Waals surface area contributed by atoms with E-state index in [0.717, 1.165) is 5.56 Å². The number of nitrogens with one attached hydrogen (secondary N) is 1. The summed E-state index contributed by atoms with van der Waals surface area (Å²) in [7, 11) is 3.08. The number of rotatable bonds is 8. The Balaban J connectivity index is 1.52. The van der Waals surface area contributed by atoms with Gasteiger partial charge in [-0.25, -0.2) is 0 Å². The maximum absolute atomic E-state index is 12.3. The fraction of sp³-hybridized carbons (Fsp3) is 0.333. The van der Waals surface area contributed by atoms with Gasteiger partial charge in [0.2, 0.25) is 5.82 Å². The minimum atomic E-state index is -0.628. The standard InChI is InChI=1S/C24H27N3O6/c1-24(2,3)16-8-6-15(7-9-16)23(29)25-13-21(28)32-14-20-26-22(27-33-20)18-11-10-17(30-4)12-19(18)31-5/h6-12H,13-14H2,1-5H3,(H,25,29). The molecule has 3 aromatic rings. The zero-order valence-electron chi connectivity index (χ0n) is 19.3. The quantitative estimate of drug-likeness (QED) is 0.516. The second kappa shape index (κ2) is 10.2. The molecule has 33 heavy (non-hydrogen) atoms. The molecule has 0 radical (unpaired) electrons. The van der Waals surface area contributed by atoms with Crippen LogP contribution in [0.4, 0.5) is 0 Å². The zero-order valence-corrected chi connectivity index (χ0v) is 19.3. The van der Waals surface area contributed by atoms with E-state index >= 15 is 0 Å². The van der Waals surface area contributed by atoms with Crippen LogP contribution in [0, 0.1) is 0 Å². The van der Waals surface area contributed by atoms with Crippen molar-refractivity contribution in [3.05, 3.63) is 59.5 Å². The summed E-state index contributed by atoms with van der Waals surface area (Å²) >= 11 is 0. The molecule has 0 saturated heterocycles. The van der Waals surface area contributed by atoms with Gasteiger partial charge in [-0.3, -0.25) is 9.59 Å². The molecule has 1 heterocycles. The Bertz CT molecular complexity index is 1120. The number of carbonyl (C=O) groups is 2. The van der Waals surface area contributed by atoms with Gasteiger partial charge in [-0.05, 0) is 35.2 Å². The average Bonchev–Trinajstić information content (AvgIpc) is 3.29. The van der Waals surface area contributed by atoms with Crippen molar-refractivity contribution in [1.82, 2.24) is 15.5 Å². The largest absolute Gasteiger partial charge is 0.497 e. The number of amides is 1. The number of nitrogens with zero attached hydrogens (tertiary/aromatic N) is 2. The maximum atomic E-state index is 12.3. The van der Waals surface area contributed by atoms with Gasteiger partial charge in [0.05, 0.1) is 19.8 Å². The molecule has 0 bridgehead atoms. The number of hydrogen-bond donors (Lipinski definition) is 1. The first-order valence-electron chi connectivity index (χ1n) is 10.3. The zero-order chi connectivity index (χ0) is 24.0. The highest BCUT2D eigenvalue weighted by atomic mass is 16.6. The fourth-order valence-corrected chi connectivity index (χ4v) is 2.98. The summed E-state index contributed by atoms with van der Waals surface area (Å²) in [5, 5.41) is 6.44. The molecule has 3 rings (SSSR count). The van der Waals surface area contributed by atoms with Crippen molar-refractivity contribution in [2.24, 2.45) is 0 Å². The van der Waals surface area contributed by atoms with Crippen LogP contribution in [0.3, 0.4) is 0 Å². The van der Waals surface area contributed by atoms with Crippen LogP contribution in [0.2, 0.25) is 0 Å². The van der Waals surface area contributed by atoms with Crippen LogP contribution >= 0.6 is 0 Å². The minimum Gasteiger partial charge on any atom is -0.497 e. The lowest BCUT2D eigenvalue weighted by atomic mass is 9.87. The molecule has 174 valence electrons. The summed E-state index contributed by atoms with van der Waals surface area (Å²) in [5.41, 5.74) is 2.17. The first-order valence-corrected chi connectivity index (χ1v) is 10.3. The SMILES string of the molecule is COc1ccc(-c2noc(COC(=O)CNC(=O)c3ccc(C(C)(C)C)cc3)n2)c(OC)c1. The number of hydrogen-bond acceptors (Lipinski definition) is 8. The topological polar surface area (TPSA) is 113 Å². The molecule has 0 fully saturated rings. The third kappa shape index (κ3) is 6.09. The predicted molar refractivity (Wildman–Crippen MR) is 120 cm³/mol. The van der Waals surface area contributed by atoms with E-state index in [-0.39, 0.29) is 36.2 Å². The first-order chi connectivity index (χ1) is 15.7. The van der Waals surface area contributed by atoms with E-state index in [1.165, 1.54) is 7.11 Å². The lowest BCUT2D eigenvalue weighted by molar-refractivity contribution is -0.144. The molecule has 2 aromatic carbocycles. The molecule has 9 nitrogen and oxygen atoms in total. The first kappa shape index (κ1) is 23.8. The van der Waals surface area contributed by atoms with Gasteiger partial charge in [-0.1, -0.05) is 38.1 Å². The Labute approximate surface area is 192 Å². The second-order valence-electron chi connectivity index (χ2n) is 8.25. The summed E-state index contributed by atoms with van der Waals surface area (Å²) in [6, 6.07) is 12.4. The molecular formula is C24H27N3O6. The van der Waals surface area contributed by atoms with Crippen LogP contribution in [0.1, 0.15) is 42.6 Å². The van der Waals surface area contributed by atoms with Crippen molar-refractivity contribution in [3.8, 4) is 22.9 Å². The van der Waals surface area contributed by atoms with Gasteiger partial charge >= 0.3 is 5.97 Å². The lowest BCUT2D eigenvalue weighted by Gasteiger charge is -2.19. The number of benzene rings is 2. The predicted octanol–water partition coefficient (Wildman–Crippen LogP) is 3.52. The Kier molecular flexibility index (Phi) is 7.32. The second-order valence-corrected chi connectivity index (χ2v) is 8.25. The molecule has 0 spiro atoms. The van der Waals surface area contributed by atoms with Crippen molar-refractivity contribution in [3.63, 3.8) is 0 Å². The maximum Gasteiger partial charge on any atom is 0.325 e. The van der Waals surface area contributed by atoms with Gasteiger partial charge in [-0.2, -0.15) is 4.98 Å². The van der Waals surface area contributed by atoms with Gasteiger partial charge < -0.3 is 24.1 Å². The van der Waals surface area contributed by atoms with Gasteiger partial charge in [0.1, 0.15) is 18.0 Å². The Hall–Kier alpha value is -3.88. The average molecular weight is 453 g/mol. The molecule has 9 heteroatoms. The van der Waals surface area contributed by atoms with Crippen molar-refractivity contribution < 1.29 is 28.3 Å².